The standard InChI is InChI=1S/C11H16N2O2/c1-4-5-12-11-8(2)6-10(13(14)15)7-9(11)3/h6-7,12H,4-5H2,1-3H3. The molecule has 0 unspecified atom stereocenters. The van der Waals surface area contributed by atoms with E-state index in [1.165, 1.54) is 0 Å². The maximum absolute atomic E-state index is 10.6. The van der Waals surface area contributed by atoms with Gasteiger partial charge >= 0.3 is 0 Å². The molecule has 1 rings (SSSR count). The van der Waals surface area contributed by atoms with Gasteiger partial charge in [-0.2, -0.15) is 0 Å². The number of nitro benzene ring substituents is 1. The fourth-order valence-electron chi connectivity index (χ4n) is 1.57. The normalized spacial score (nSPS) is 10.1. The molecule has 0 amide bonds. The molecule has 0 saturated carbocycles. The average molecular weight is 208 g/mol. The minimum Gasteiger partial charge on any atom is -0.385 e. The van der Waals surface area contributed by atoms with Crippen molar-refractivity contribution in [2.75, 3.05) is 11.9 Å². The van der Waals surface area contributed by atoms with Crippen LogP contribution in [-0.2, 0) is 0 Å². The summed E-state index contributed by atoms with van der Waals surface area (Å²) < 4.78 is 0. The summed E-state index contributed by atoms with van der Waals surface area (Å²) in [6, 6.07) is 3.20. The topological polar surface area (TPSA) is 55.2 Å². The predicted octanol–water partition coefficient (Wildman–Crippen LogP) is 3.03. The zero-order valence-electron chi connectivity index (χ0n) is 9.33. The Bertz CT molecular complexity index is 352. The number of nitro groups is 1. The van der Waals surface area contributed by atoms with Crippen molar-refractivity contribution in [1.29, 1.82) is 0 Å². The molecule has 0 aliphatic rings. The van der Waals surface area contributed by atoms with Crippen molar-refractivity contribution in [3.63, 3.8) is 0 Å². The van der Waals surface area contributed by atoms with Gasteiger partial charge in [-0.3, -0.25) is 10.1 Å². The van der Waals surface area contributed by atoms with Crippen LogP contribution in [0.15, 0.2) is 12.1 Å². The van der Waals surface area contributed by atoms with Crippen LogP contribution in [0.4, 0.5) is 11.4 Å². The van der Waals surface area contributed by atoms with Crippen molar-refractivity contribution >= 4 is 11.4 Å². The van der Waals surface area contributed by atoms with E-state index in [4.69, 9.17) is 0 Å². The third-order valence-electron chi connectivity index (χ3n) is 2.28. The third-order valence-corrected chi connectivity index (χ3v) is 2.28. The Hall–Kier alpha value is -1.58. The summed E-state index contributed by atoms with van der Waals surface area (Å²) in [5, 5.41) is 13.9. The summed E-state index contributed by atoms with van der Waals surface area (Å²) in [7, 11) is 0. The molecular formula is C11H16N2O2. The number of non-ortho nitro benzene ring substituents is 1. The quantitative estimate of drug-likeness (QED) is 0.611. The number of nitrogens with one attached hydrogen (secondary N) is 1. The maximum atomic E-state index is 10.6. The van der Waals surface area contributed by atoms with Crippen LogP contribution in [0.2, 0.25) is 0 Å². The first-order valence-corrected chi connectivity index (χ1v) is 5.05. The zero-order valence-corrected chi connectivity index (χ0v) is 9.33. The lowest BCUT2D eigenvalue weighted by Crippen LogP contribution is -2.04. The molecule has 1 N–H and O–H groups in total. The van der Waals surface area contributed by atoms with E-state index in [-0.39, 0.29) is 10.6 Å². The maximum Gasteiger partial charge on any atom is 0.270 e. The minimum atomic E-state index is -0.358. The second-order valence-electron chi connectivity index (χ2n) is 3.64. The Labute approximate surface area is 89.5 Å². The molecule has 1 aromatic carbocycles. The van der Waals surface area contributed by atoms with Crippen molar-refractivity contribution in [2.45, 2.75) is 27.2 Å². The Kier molecular flexibility index (Phi) is 3.66. The summed E-state index contributed by atoms with van der Waals surface area (Å²) in [5.74, 6) is 0. The van der Waals surface area contributed by atoms with E-state index in [0.717, 1.165) is 29.8 Å². The first-order chi connectivity index (χ1) is 7.06. The molecule has 4 nitrogen and oxygen atoms in total. The van der Waals surface area contributed by atoms with Gasteiger partial charge in [0.05, 0.1) is 4.92 Å². The molecule has 0 heterocycles. The van der Waals surface area contributed by atoms with Crippen LogP contribution < -0.4 is 5.32 Å². The van der Waals surface area contributed by atoms with Gasteiger partial charge in [-0.1, -0.05) is 6.92 Å². The Morgan fingerprint density at radius 1 is 1.33 bits per heavy atom. The SMILES string of the molecule is CCCNc1c(C)cc([N+](=O)[O-])cc1C. The second kappa shape index (κ2) is 4.77. The summed E-state index contributed by atoms with van der Waals surface area (Å²) in [6.07, 6.45) is 1.04. The number of benzene rings is 1. The molecule has 0 fully saturated rings. The van der Waals surface area contributed by atoms with E-state index < -0.39 is 0 Å². The molecule has 0 atom stereocenters. The summed E-state index contributed by atoms with van der Waals surface area (Å²) in [6.45, 7) is 6.75. The Morgan fingerprint density at radius 3 is 2.27 bits per heavy atom. The summed E-state index contributed by atoms with van der Waals surface area (Å²) in [5.41, 5.74) is 3.03. The van der Waals surface area contributed by atoms with Crippen molar-refractivity contribution in [2.24, 2.45) is 0 Å². The number of nitrogens with zero attached hydrogens (tertiary/aromatic N) is 1. The highest BCUT2D eigenvalue weighted by atomic mass is 16.6. The molecule has 4 heteroatoms. The molecule has 1 aromatic rings. The van der Waals surface area contributed by atoms with Gasteiger partial charge in [0, 0.05) is 24.4 Å². The molecule has 0 aliphatic carbocycles. The zero-order chi connectivity index (χ0) is 11.4. The van der Waals surface area contributed by atoms with Gasteiger partial charge in [-0.25, -0.2) is 0 Å². The molecule has 15 heavy (non-hydrogen) atoms. The van der Waals surface area contributed by atoms with Crippen LogP contribution in [0.25, 0.3) is 0 Å². The highest BCUT2D eigenvalue weighted by Crippen LogP contribution is 2.25. The lowest BCUT2D eigenvalue weighted by Gasteiger charge is -2.11. The number of aryl methyl sites for hydroxylation is 2. The third kappa shape index (κ3) is 2.68. The highest BCUT2D eigenvalue weighted by molar-refractivity contribution is 5.61. The number of anilines is 1. The van der Waals surface area contributed by atoms with Gasteiger partial charge in [0.15, 0.2) is 0 Å². The van der Waals surface area contributed by atoms with Gasteiger partial charge in [0.1, 0.15) is 0 Å². The van der Waals surface area contributed by atoms with Gasteiger partial charge in [0.25, 0.3) is 5.69 Å². The fraction of sp³-hybridized carbons (Fsp3) is 0.455. The predicted molar refractivity (Wildman–Crippen MR) is 61.4 cm³/mol. The van der Waals surface area contributed by atoms with Crippen molar-refractivity contribution < 1.29 is 4.92 Å². The Morgan fingerprint density at radius 2 is 1.87 bits per heavy atom. The van der Waals surface area contributed by atoms with Gasteiger partial charge in [-0.05, 0) is 31.4 Å². The lowest BCUT2D eigenvalue weighted by molar-refractivity contribution is -0.384. The van der Waals surface area contributed by atoms with E-state index >= 15 is 0 Å². The van der Waals surface area contributed by atoms with Crippen LogP contribution in [0, 0.1) is 24.0 Å². The first-order valence-electron chi connectivity index (χ1n) is 5.05. The van der Waals surface area contributed by atoms with Crippen LogP contribution in [-0.4, -0.2) is 11.5 Å². The van der Waals surface area contributed by atoms with Crippen LogP contribution in [0.1, 0.15) is 24.5 Å². The summed E-state index contributed by atoms with van der Waals surface area (Å²) >= 11 is 0. The molecular weight excluding hydrogens is 192 g/mol. The molecule has 0 aliphatic heterocycles. The smallest absolute Gasteiger partial charge is 0.270 e. The highest BCUT2D eigenvalue weighted by Gasteiger charge is 2.10. The van der Waals surface area contributed by atoms with E-state index in [1.807, 2.05) is 13.8 Å². The van der Waals surface area contributed by atoms with Crippen LogP contribution in [0.5, 0.6) is 0 Å². The molecule has 0 radical (unpaired) electrons. The second-order valence-corrected chi connectivity index (χ2v) is 3.64. The molecule has 0 saturated heterocycles. The van der Waals surface area contributed by atoms with Gasteiger partial charge in [0.2, 0.25) is 0 Å². The van der Waals surface area contributed by atoms with Crippen LogP contribution >= 0.6 is 0 Å². The Balaban J connectivity index is 3.04. The number of hydrogen-bond acceptors (Lipinski definition) is 3. The molecule has 0 bridgehead atoms. The van der Waals surface area contributed by atoms with Gasteiger partial charge in [-0.15, -0.1) is 0 Å². The van der Waals surface area contributed by atoms with E-state index in [1.54, 1.807) is 12.1 Å². The minimum absolute atomic E-state index is 0.159. The average Bonchev–Trinajstić information content (AvgIpc) is 2.16. The number of rotatable bonds is 4. The van der Waals surface area contributed by atoms with E-state index in [2.05, 4.69) is 12.2 Å². The molecule has 0 spiro atoms. The number of hydrogen-bond donors (Lipinski definition) is 1. The van der Waals surface area contributed by atoms with Crippen LogP contribution in [0.3, 0.4) is 0 Å². The van der Waals surface area contributed by atoms with Crippen molar-refractivity contribution in [3.05, 3.63) is 33.4 Å². The van der Waals surface area contributed by atoms with Gasteiger partial charge < -0.3 is 5.32 Å². The molecule has 82 valence electrons. The van der Waals surface area contributed by atoms with Crippen molar-refractivity contribution in [3.8, 4) is 0 Å². The van der Waals surface area contributed by atoms with Crippen molar-refractivity contribution in [1.82, 2.24) is 0 Å². The van der Waals surface area contributed by atoms with E-state index in [0.29, 0.717) is 0 Å². The summed E-state index contributed by atoms with van der Waals surface area (Å²) in [4.78, 5) is 10.3. The monoisotopic (exact) mass is 208 g/mol. The first kappa shape index (κ1) is 11.5. The lowest BCUT2D eigenvalue weighted by atomic mass is 10.1. The fourth-order valence-corrected chi connectivity index (χ4v) is 1.57. The largest absolute Gasteiger partial charge is 0.385 e. The van der Waals surface area contributed by atoms with E-state index in [9.17, 15) is 10.1 Å². The molecule has 0 aromatic heterocycles.